The first-order valence-corrected chi connectivity index (χ1v) is 7.46. The fourth-order valence-electron chi connectivity index (χ4n) is 2.56. The number of rotatable bonds is 2. The van der Waals surface area contributed by atoms with Crippen molar-refractivity contribution < 1.29 is 0 Å². The Morgan fingerprint density at radius 3 is 2.75 bits per heavy atom. The van der Waals surface area contributed by atoms with Gasteiger partial charge in [0.2, 0.25) is 0 Å². The van der Waals surface area contributed by atoms with E-state index in [1.165, 1.54) is 4.52 Å². The number of hydrogen-bond donors (Lipinski definition) is 3. The van der Waals surface area contributed by atoms with Crippen LogP contribution in [-0.4, -0.2) is 34.5 Å². The van der Waals surface area contributed by atoms with E-state index >= 15 is 0 Å². The second-order valence-electron chi connectivity index (χ2n) is 5.25. The molecular formula is C12H16BBrN6. The second-order valence-corrected chi connectivity index (χ2v) is 6.04. The number of hydrogen-bond acceptors (Lipinski definition) is 5. The molecular weight excluding hydrogens is 319 g/mol. The number of nitrogens with two attached hydrogens (primary N) is 2. The van der Waals surface area contributed by atoms with Gasteiger partial charge < -0.3 is 16.8 Å². The average molecular weight is 335 g/mol. The van der Waals surface area contributed by atoms with Gasteiger partial charge in [-0.05, 0) is 47.1 Å². The largest absolute Gasteiger partial charge is 0.383 e. The van der Waals surface area contributed by atoms with Gasteiger partial charge in [-0.25, -0.2) is 4.98 Å². The molecule has 0 atom stereocenters. The maximum absolute atomic E-state index is 6.06. The van der Waals surface area contributed by atoms with Crippen molar-refractivity contribution in [2.75, 3.05) is 11.1 Å². The number of nitrogen functional groups attached to an aromatic ring is 1. The van der Waals surface area contributed by atoms with Gasteiger partial charge in [0.25, 0.3) is 0 Å². The summed E-state index contributed by atoms with van der Waals surface area (Å²) in [6.07, 6.45) is 5.68. The highest BCUT2D eigenvalue weighted by molar-refractivity contribution is 9.10. The molecule has 104 valence electrons. The SMILES string of the molecule is [B]c1cnn2c(N)c(Br)c(NC3CCC(N)CC3)nc12. The van der Waals surface area contributed by atoms with Gasteiger partial charge in [0, 0.05) is 18.3 Å². The third-order valence-corrected chi connectivity index (χ3v) is 4.54. The molecule has 3 rings (SSSR count). The van der Waals surface area contributed by atoms with Crippen molar-refractivity contribution in [3.05, 3.63) is 10.7 Å². The van der Waals surface area contributed by atoms with Gasteiger partial charge in [-0.3, -0.25) is 0 Å². The first-order chi connectivity index (χ1) is 9.56. The Hall–Kier alpha value is -1.28. The molecule has 6 nitrogen and oxygen atoms in total. The van der Waals surface area contributed by atoms with Crippen LogP contribution in [0.1, 0.15) is 25.7 Å². The lowest BCUT2D eigenvalue weighted by atomic mass is 9.92. The molecule has 0 spiro atoms. The number of halogens is 1. The van der Waals surface area contributed by atoms with Crippen molar-refractivity contribution in [2.45, 2.75) is 37.8 Å². The summed E-state index contributed by atoms with van der Waals surface area (Å²) in [4.78, 5) is 4.51. The van der Waals surface area contributed by atoms with Crippen molar-refractivity contribution in [1.82, 2.24) is 14.6 Å². The number of aromatic nitrogens is 3. The molecule has 2 radical (unpaired) electrons. The van der Waals surface area contributed by atoms with Gasteiger partial charge in [0.15, 0.2) is 5.65 Å². The normalized spacial score (nSPS) is 23.1. The predicted octanol–water partition coefficient (Wildman–Crippen LogP) is 0.550. The molecule has 20 heavy (non-hydrogen) atoms. The summed E-state index contributed by atoms with van der Waals surface area (Å²) in [5.41, 5.74) is 13.1. The topological polar surface area (TPSA) is 94.3 Å². The smallest absolute Gasteiger partial charge is 0.152 e. The summed E-state index contributed by atoms with van der Waals surface area (Å²) < 4.78 is 2.24. The molecule has 2 heterocycles. The van der Waals surface area contributed by atoms with Gasteiger partial charge in [0.05, 0.1) is 0 Å². The van der Waals surface area contributed by atoms with E-state index in [1.54, 1.807) is 6.20 Å². The third kappa shape index (κ3) is 2.38. The van der Waals surface area contributed by atoms with Crippen LogP contribution in [0.2, 0.25) is 0 Å². The van der Waals surface area contributed by atoms with E-state index in [2.05, 4.69) is 31.3 Å². The standard InChI is InChI=1S/C12H16BBrN6/c13-8-5-17-20-10(16)9(14)11(19-12(8)20)18-7-3-1-6(15)2-4-7/h5-7H,1-4,15-16H2,(H,18,19). The van der Waals surface area contributed by atoms with Crippen molar-refractivity contribution in [3.8, 4) is 0 Å². The van der Waals surface area contributed by atoms with Crippen LogP contribution in [0.3, 0.4) is 0 Å². The van der Waals surface area contributed by atoms with Crippen LogP contribution < -0.4 is 22.2 Å². The van der Waals surface area contributed by atoms with Gasteiger partial charge in [-0.1, -0.05) is 0 Å². The Balaban J connectivity index is 1.91. The number of nitrogens with one attached hydrogen (secondary N) is 1. The van der Waals surface area contributed by atoms with E-state index in [0.717, 1.165) is 25.7 Å². The van der Waals surface area contributed by atoms with E-state index in [0.29, 0.717) is 39.3 Å². The Bertz CT molecular complexity index is 634. The summed E-state index contributed by atoms with van der Waals surface area (Å²) in [5, 5.41) is 7.54. The highest BCUT2D eigenvalue weighted by Gasteiger charge is 2.21. The van der Waals surface area contributed by atoms with E-state index < -0.39 is 0 Å². The highest BCUT2D eigenvalue weighted by Crippen LogP contribution is 2.29. The fourth-order valence-corrected chi connectivity index (χ4v) is 2.94. The zero-order valence-corrected chi connectivity index (χ0v) is 12.6. The summed E-state index contributed by atoms with van der Waals surface area (Å²) in [6, 6.07) is 0.687. The molecule has 2 aromatic rings. The lowest BCUT2D eigenvalue weighted by molar-refractivity contribution is 0.410. The van der Waals surface area contributed by atoms with Crippen LogP contribution in [-0.2, 0) is 0 Å². The summed E-state index contributed by atoms with van der Waals surface area (Å²) >= 11 is 3.47. The van der Waals surface area contributed by atoms with Crippen LogP contribution in [0.4, 0.5) is 11.6 Å². The van der Waals surface area contributed by atoms with Crippen molar-refractivity contribution >= 4 is 46.5 Å². The Kier molecular flexibility index (Phi) is 3.60. The maximum atomic E-state index is 6.06. The van der Waals surface area contributed by atoms with Crippen LogP contribution in [0.25, 0.3) is 5.65 Å². The number of nitrogens with zero attached hydrogens (tertiary/aromatic N) is 3. The monoisotopic (exact) mass is 334 g/mol. The minimum Gasteiger partial charge on any atom is -0.383 e. The molecule has 0 amide bonds. The average Bonchev–Trinajstić information content (AvgIpc) is 2.80. The van der Waals surface area contributed by atoms with Crippen LogP contribution in [0, 0.1) is 0 Å². The van der Waals surface area contributed by atoms with Crippen LogP contribution >= 0.6 is 15.9 Å². The highest BCUT2D eigenvalue weighted by atomic mass is 79.9. The van der Waals surface area contributed by atoms with Crippen molar-refractivity contribution in [2.24, 2.45) is 5.73 Å². The van der Waals surface area contributed by atoms with Crippen molar-refractivity contribution in [1.29, 1.82) is 0 Å². The first kappa shape index (κ1) is 13.7. The molecule has 0 unspecified atom stereocenters. The second kappa shape index (κ2) is 5.25. The zero-order chi connectivity index (χ0) is 14.3. The Morgan fingerprint density at radius 1 is 1.35 bits per heavy atom. The van der Waals surface area contributed by atoms with E-state index in [-0.39, 0.29) is 0 Å². The first-order valence-electron chi connectivity index (χ1n) is 6.66. The number of anilines is 2. The summed E-state index contributed by atoms with van der Waals surface area (Å²) in [5.74, 6) is 1.20. The molecule has 0 aliphatic heterocycles. The Morgan fingerprint density at radius 2 is 2.05 bits per heavy atom. The van der Waals surface area contributed by atoms with Crippen molar-refractivity contribution in [3.63, 3.8) is 0 Å². The summed E-state index contributed by atoms with van der Waals surface area (Å²) in [7, 11) is 5.85. The fraction of sp³-hybridized carbons (Fsp3) is 0.500. The Labute approximate surface area is 126 Å². The molecule has 1 aliphatic rings. The molecule has 1 aliphatic carbocycles. The zero-order valence-electron chi connectivity index (χ0n) is 11.0. The summed E-state index contributed by atoms with van der Waals surface area (Å²) in [6.45, 7) is 0. The molecule has 0 bridgehead atoms. The number of fused-ring (bicyclic) bond motifs is 1. The molecule has 0 saturated heterocycles. The molecule has 0 aromatic carbocycles. The minimum atomic E-state index is 0.322. The molecule has 1 saturated carbocycles. The van der Waals surface area contributed by atoms with Gasteiger partial charge in [-0.2, -0.15) is 9.61 Å². The molecule has 5 N–H and O–H groups in total. The van der Waals surface area contributed by atoms with E-state index in [1.807, 2.05) is 0 Å². The molecule has 2 aromatic heterocycles. The molecule has 1 fully saturated rings. The van der Waals surface area contributed by atoms with Crippen LogP contribution in [0.15, 0.2) is 10.7 Å². The van der Waals surface area contributed by atoms with Gasteiger partial charge >= 0.3 is 0 Å². The minimum absolute atomic E-state index is 0.322. The van der Waals surface area contributed by atoms with E-state index in [9.17, 15) is 0 Å². The lowest BCUT2D eigenvalue weighted by Gasteiger charge is -2.27. The van der Waals surface area contributed by atoms with Crippen LogP contribution in [0.5, 0.6) is 0 Å². The lowest BCUT2D eigenvalue weighted by Crippen LogP contribution is -2.33. The van der Waals surface area contributed by atoms with Gasteiger partial charge in [0.1, 0.15) is 24.0 Å². The maximum Gasteiger partial charge on any atom is 0.152 e. The quantitative estimate of drug-likeness (QED) is 0.697. The van der Waals surface area contributed by atoms with E-state index in [4.69, 9.17) is 19.3 Å². The predicted molar refractivity (Wildman–Crippen MR) is 84.3 cm³/mol. The molecule has 8 heteroatoms. The third-order valence-electron chi connectivity index (χ3n) is 3.76. The van der Waals surface area contributed by atoms with Gasteiger partial charge in [-0.15, -0.1) is 0 Å².